The van der Waals surface area contributed by atoms with E-state index in [0.717, 1.165) is 58.9 Å². The zero-order chi connectivity index (χ0) is 15.3. The molecule has 0 amide bonds. The SMILES string of the molecule is CB1OCCCCO1.CB1OCCCO1.CB1OCCO1. The third-order valence-corrected chi connectivity index (χ3v) is 3.03. The predicted molar refractivity (Wildman–Crippen MR) is 84.4 cm³/mol. The lowest BCUT2D eigenvalue weighted by atomic mass is 9.94. The van der Waals surface area contributed by atoms with Crippen LogP contribution in [0, 0.1) is 0 Å². The first kappa shape index (κ1) is 19.0. The fourth-order valence-corrected chi connectivity index (χ4v) is 1.83. The van der Waals surface area contributed by atoms with Crippen molar-refractivity contribution in [2.24, 2.45) is 0 Å². The Bertz CT molecular complexity index is 229. The molecule has 0 N–H and O–H groups in total. The Hall–Kier alpha value is -0.0452. The maximum atomic E-state index is 5.18. The molecule has 3 rings (SSSR count). The first-order chi connectivity index (χ1) is 10.2. The molecule has 0 aromatic carbocycles. The van der Waals surface area contributed by atoms with E-state index in [1.807, 2.05) is 20.5 Å². The second kappa shape index (κ2) is 12.5. The highest BCUT2D eigenvalue weighted by Crippen LogP contribution is 2.01. The predicted octanol–water partition coefficient (Wildman–Crippen LogP) is 1.62. The van der Waals surface area contributed by atoms with Crippen molar-refractivity contribution in [3.8, 4) is 0 Å². The normalized spacial score (nSPS) is 22.7. The van der Waals surface area contributed by atoms with Crippen LogP contribution in [0.2, 0.25) is 20.5 Å². The molecule has 0 unspecified atom stereocenters. The van der Waals surface area contributed by atoms with E-state index in [0.29, 0.717) is 0 Å². The van der Waals surface area contributed by atoms with Gasteiger partial charge in [-0.3, -0.25) is 0 Å². The molecular formula is C12H27B3O6. The van der Waals surface area contributed by atoms with Gasteiger partial charge < -0.3 is 27.9 Å². The Morgan fingerprint density at radius 1 is 0.429 bits per heavy atom. The summed E-state index contributed by atoms with van der Waals surface area (Å²) in [5, 5.41) is 0. The van der Waals surface area contributed by atoms with Gasteiger partial charge >= 0.3 is 21.4 Å². The van der Waals surface area contributed by atoms with Gasteiger partial charge in [-0.2, -0.15) is 0 Å². The van der Waals surface area contributed by atoms with Crippen molar-refractivity contribution in [1.82, 2.24) is 0 Å². The molecule has 0 aliphatic carbocycles. The molecule has 0 atom stereocenters. The average molecular weight is 300 g/mol. The maximum absolute atomic E-state index is 5.18. The van der Waals surface area contributed by atoms with Crippen molar-refractivity contribution in [2.75, 3.05) is 39.6 Å². The van der Waals surface area contributed by atoms with E-state index in [4.69, 9.17) is 27.9 Å². The van der Waals surface area contributed by atoms with Gasteiger partial charge in [0.25, 0.3) is 0 Å². The Labute approximate surface area is 129 Å². The molecule has 120 valence electrons. The highest BCUT2D eigenvalue weighted by molar-refractivity contribution is 6.43. The highest BCUT2D eigenvalue weighted by Gasteiger charge is 2.15. The summed E-state index contributed by atoms with van der Waals surface area (Å²) in [7, 11) is 0.108. The van der Waals surface area contributed by atoms with Crippen LogP contribution in [0.15, 0.2) is 0 Å². The summed E-state index contributed by atoms with van der Waals surface area (Å²) in [6.07, 6.45) is 3.33. The van der Waals surface area contributed by atoms with Crippen molar-refractivity contribution in [3.63, 3.8) is 0 Å². The van der Waals surface area contributed by atoms with Gasteiger partial charge in [0.2, 0.25) is 0 Å². The maximum Gasteiger partial charge on any atom is 0.453 e. The van der Waals surface area contributed by atoms with Crippen LogP contribution >= 0.6 is 0 Å². The summed E-state index contributed by atoms with van der Waals surface area (Å²) in [6.45, 7) is 10.7. The molecule has 21 heavy (non-hydrogen) atoms. The van der Waals surface area contributed by atoms with Crippen LogP contribution in [-0.2, 0) is 27.9 Å². The third-order valence-electron chi connectivity index (χ3n) is 3.03. The van der Waals surface area contributed by atoms with Crippen LogP contribution in [0.4, 0.5) is 0 Å². The van der Waals surface area contributed by atoms with Gasteiger partial charge in [-0.1, -0.05) is 0 Å². The molecule has 3 fully saturated rings. The quantitative estimate of drug-likeness (QED) is 0.634. The molecule has 0 aromatic rings. The Kier molecular flexibility index (Phi) is 11.3. The lowest BCUT2D eigenvalue weighted by Crippen LogP contribution is -2.25. The summed E-state index contributed by atoms with van der Waals surface area (Å²) in [5.74, 6) is 0. The standard InChI is InChI=1S/C5H11BO2.C4H9BO2.C3H7BO2/c1-6-7-4-2-3-5-8-6;1-5-6-3-2-4-7-5;1-4-5-2-3-6-4/h2-5H2,1H3;2-4H2,1H3;2-3H2,1H3. The molecule has 0 radical (unpaired) electrons. The number of hydrogen-bond acceptors (Lipinski definition) is 6. The Morgan fingerprint density at radius 3 is 0.952 bits per heavy atom. The summed E-state index contributed by atoms with van der Waals surface area (Å²) < 4.78 is 30.3. The van der Waals surface area contributed by atoms with Gasteiger partial charge in [0.15, 0.2) is 0 Å². The fraction of sp³-hybridized carbons (Fsp3) is 1.00. The average Bonchev–Trinajstić information content (AvgIpc) is 2.83. The van der Waals surface area contributed by atoms with Crippen molar-refractivity contribution in [1.29, 1.82) is 0 Å². The van der Waals surface area contributed by atoms with E-state index in [2.05, 4.69) is 0 Å². The molecular weight excluding hydrogens is 273 g/mol. The molecule has 3 aliphatic heterocycles. The largest absolute Gasteiger partial charge is 0.453 e. The number of hydrogen-bond donors (Lipinski definition) is 0. The van der Waals surface area contributed by atoms with Crippen LogP contribution in [0.25, 0.3) is 0 Å². The smallest absolute Gasteiger partial charge is 0.411 e. The fourth-order valence-electron chi connectivity index (χ4n) is 1.83. The van der Waals surface area contributed by atoms with Gasteiger partial charge in [-0.15, -0.1) is 0 Å². The van der Waals surface area contributed by atoms with Crippen molar-refractivity contribution >= 4 is 21.4 Å². The minimum atomic E-state index is 0.0255. The molecule has 3 aliphatic rings. The second-order valence-electron chi connectivity index (χ2n) is 4.99. The zero-order valence-corrected chi connectivity index (χ0v) is 13.5. The van der Waals surface area contributed by atoms with Crippen LogP contribution in [0.1, 0.15) is 19.3 Å². The van der Waals surface area contributed by atoms with E-state index in [-0.39, 0.29) is 21.4 Å². The molecule has 0 aromatic heterocycles. The van der Waals surface area contributed by atoms with E-state index in [1.54, 1.807) is 0 Å². The van der Waals surface area contributed by atoms with E-state index in [1.165, 1.54) is 0 Å². The van der Waals surface area contributed by atoms with Gasteiger partial charge in [0, 0.05) is 26.4 Å². The van der Waals surface area contributed by atoms with Crippen LogP contribution in [0.3, 0.4) is 0 Å². The summed E-state index contributed by atoms with van der Waals surface area (Å²) >= 11 is 0. The Morgan fingerprint density at radius 2 is 0.714 bits per heavy atom. The van der Waals surface area contributed by atoms with Gasteiger partial charge in [0.1, 0.15) is 0 Å². The lowest BCUT2D eigenvalue weighted by molar-refractivity contribution is 0.138. The molecule has 3 saturated heterocycles. The van der Waals surface area contributed by atoms with Gasteiger partial charge in [0.05, 0.1) is 13.2 Å². The van der Waals surface area contributed by atoms with E-state index in [9.17, 15) is 0 Å². The van der Waals surface area contributed by atoms with Crippen LogP contribution in [0.5, 0.6) is 0 Å². The monoisotopic (exact) mass is 300 g/mol. The minimum Gasteiger partial charge on any atom is -0.411 e. The third kappa shape index (κ3) is 11.2. The molecule has 3 heterocycles. The van der Waals surface area contributed by atoms with Gasteiger partial charge in [-0.25, -0.2) is 0 Å². The topological polar surface area (TPSA) is 55.4 Å². The first-order valence-corrected chi connectivity index (χ1v) is 7.88. The molecule has 0 saturated carbocycles. The second-order valence-corrected chi connectivity index (χ2v) is 4.99. The highest BCUT2D eigenvalue weighted by atomic mass is 16.6. The summed E-state index contributed by atoms with van der Waals surface area (Å²) in [5.41, 5.74) is 0. The number of rotatable bonds is 0. The van der Waals surface area contributed by atoms with Crippen molar-refractivity contribution in [2.45, 2.75) is 39.7 Å². The van der Waals surface area contributed by atoms with Crippen LogP contribution in [-0.4, -0.2) is 61.0 Å². The lowest BCUT2D eigenvalue weighted by Gasteiger charge is -2.15. The molecule has 0 bridgehead atoms. The van der Waals surface area contributed by atoms with E-state index >= 15 is 0 Å². The molecule has 9 heteroatoms. The molecule has 0 spiro atoms. The van der Waals surface area contributed by atoms with Gasteiger partial charge in [-0.05, 0) is 39.7 Å². The van der Waals surface area contributed by atoms with Crippen molar-refractivity contribution < 1.29 is 27.9 Å². The Balaban J connectivity index is 0.000000159. The minimum absolute atomic E-state index is 0.0255. The van der Waals surface area contributed by atoms with Crippen LogP contribution < -0.4 is 0 Å². The van der Waals surface area contributed by atoms with Crippen molar-refractivity contribution in [3.05, 3.63) is 0 Å². The first-order valence-electron chi connectivity index (χ1n) is 7.88. The summed E-state index contributed by atoms with van der Waals surface area (Å²) in [4.78, 5) is 0. The van der Waals surface area contributed by atoms with E-state index < -0.39 is 0 Å². The zero-order valence-electron chi connectivity index (χ0n) is 13.5. The summed E-state index contributed by atoms with van der Waals surface area (Å²) in [6, 6.07) is 0. The molecule has 6 nitrogen and oxygen atoms in total.